The Bertz CT molecular complexity index is 1070. The first-order chi connectivity index (χ1) is 13.6. The molecule has 0 spiro atoms. The zero-order valence-corrected chi connectivity index (χ0v) is 15.1. The minimum Gasteiger partial charge on any atom is -0.484 e. The smallest absolute Gasteiger partial charge is 0.422 e. The van der Waals surface area contributed by atoms with Crippen molar-refractivity contribution in [2.75, 3.05) is 6.61 Å². The molecule has 0 aliphatic rings. The first-order valence-electron chi connectivity index (χ1n) is 8.60. The van der Waals surface area contributed by atoms with Crippen LogP contribution in [0.2, 0.25) is 0 Å². The average Bonchev–Trinajstić information content (AvgIpc) is 3.03. The fourth-order valence-corrected chi connectivity index (χ4v) is 3.00. The number of nitrogens with zero attached hydrogens (tertiary/aromatic N) is 1. The highest BCUT2D eigenvalue weighted by Gasteiger charge is 2.28. The van der Waals surface area contributed by atoms with Gasteiger partial charge in [-0.15, -0.1) is 0 Å². The Morgan fingerprint density at radius 1 is 1.10 bits per heavy atom. The highest BCUT2D eigenvalue weighted by molar-refractivity contribution is 5.99. The van der Waals surface area contributed by atoms with Gasteiger partial charge in [-0.25, -0.2) is 0 Å². The lowest BCUT2D eigenvalue weighted by atomic mass is 10.1. The fourth-order valence-electron chi connectivity index (χ4n) is 3.00. The van der Waals surface area contributed by atoms with Crippen molar-refractivity contribution >= 4 is 22.8 Å². The van der Waals surface area contributed by atoms with E-state index in [0.717, 1.165) is 5.56 Å². The lowest BCUT2D eigenvalue weighted by molar-refractivity contribution is -0.153. The van der Waals surface area contributed by atoms with Gasteiger partial charge in [0.25, 0.3) is 5.91 Å². The van der Waals surface area contributed by atoms with Gasteiger partial charge in [0.05, 0.1) is 5.52 Å². The molecule has 0 bridgehead atoms. The van der Waals surface area contributed by atoms with Crippen LogP contribution in [-0.4, -0.2) is 34.3 Å². The summed E-state index contributed by atoms with van der Waals surface area (Å²) in [4.78, 5) is 22.8. The quantitative estimate of drug-likeness (QED) is 0.626. The van der Waals surface area contributed by atoms with E-state index in [1.54, 1.807) is 24.3 Å². The first kappa shape index (κ1) is 20.2. The number of carbonyl (C=O) groups excluding carboxylic acids is 1. The number of carboxylic acid groups (broad SMARTS) is 1. The number of hydrogen-bond donors (Lipinski definition) is 2. The number of aromatic nitrogens is 1. The number of aliphatic carboxylic acids is 1. The van der Waals surface area contributed by atoms with E-state index in [1.807, 2.05) is 0 Å². The maximum atomic E-state index is 12.4. The van der Waals surface area contributed by atoms with Crippen LogP contribution < -0.4 is 10.5 Å². The molecule has 3 aromatic rings. The highest BCUT2D eigenvalue weighted by atomic mass is 19.4. The van der Waals surface area contributed by atoms with Crippen molar-refractivity contribution in [3.63, 3.8) is 0 Å². The molecule has 3 N–H and O–H groups in total. The van der Waals surface area contributed by atoms with E-state index < -0.39 is 24.7 Å². The second-order valence-electron chi connectivity index (χ2n) is 6.42. The zero-order chi connectivity index (χ0) is 21.2. The topological polar surface area (TPSA) is 94.6 Å². The van der Waals surface area contributed by atoms with Gasteiger partial charge in [-0.05, 0) is 42.3 Å². The molecule has 1 aromatic heterocycles. The van der Waals surface area contributed by atoms with Gasteiger partial charge in [-0.1, -0.05) is 12.1 Å². The minimum atomic E-state index is -4.48. The predicted molar refractivity (Wildman–Crippen MR) is 99.3 cm³/mol. The molecule has 152 valence electrons. The number of aryl methyl sites for hydroxylation is 1. The number of halogens is 3. The number of nitrogens with two attached hydrogens (primary N) is 1. The second-order valence-corrected chi connectivity index (χ2v) is 6.42. The third-order valence-electron chi connectivity index (χ3n) is 4.23. The zero-order valence-electron chi connectivity index (χ0n) is 15.1. The number of carboxylic acids is 1. The summed E-state index contributed by atoms with van der Waals surface area (Å²) in [5, 5.41) is 9.46. The van der Waals surface area contributed by atoms with E-state index >= 15 is 0 Å². The Morgan fingerprint density at radius 3 is 2.52 bits per heavy atom. The molecule has 0 saturated heterocycles. The van der Waals surface area contributed by atoms with E-state index in [9.17, 15) is 22.8 Å². The van der Waals surface area contributed by atoms with Crippen molar-refractivity contribution in [2.24, 2.45) is 5.73 Å². The molecule has 2 aromatic carbocycles. The fraction of sp³-hybridized carbons (Fsp3) is 0.200. The standard InChI is InChI=1S/C20H17F3N2O4/c21-20(22,23)11-29-15-6-5-13-9-17(19(24)28)25(16(13)10-15)14-3-1-2-12(8-14)4-7-18(26)27/h1-3,5-6,8-10H,4,7,11H2,(H2,24,28)(H,26,27). The van der Waals surface area contributed by atoms with Crippen molar-refractivity contribution in [3.05, 3.63) is 59.8 Å². The van der Waals surface area contributed by atoms with Gasteiger partial charge in [0.15, 0.2) is 6.61 Å². The predicted octanol–water partition coefficient (Wildman–Crippen LogP) is 3.69. The SMILES string of the molecule is NC(=O)c1cc2ccc(OCC(F)(F)F)cc2n1-c1cccc(CCC(=O)O)c1. The number of fused-ring (bicyclic) bond motifs is 1. The molecule has 1 heterocycles. The third kappa shape index (κ3) is 4.87. The number of benzene rings is 2. The molecule has 0 saturated carbocycles. The van der Waals surface area contributed by atoms with E-state index in [-0.39, 0.29) is 24.3 Å². The van der Waals surface area contributed by atoms with Crippen molar-refractivity contribution in [3.8, 4) is 11.4 Å². The molecular formula is C20H17F3N2O4. The van der Waals surface area contributed by atoms with Crippen LogP contribution in [-0.2, 0) is 11.2 Å². The van der Waals surface area contributed by atoms with Crippen LogP contribution in [0.25, 0.3) is 16.6 Å². The Hall–Kier alpha value is -3.49. The number of primary amides is 1. The van der Waals surface area contributed by atoms with Crippen LogP contribution in [0.1, 0.15) is 22.5 Å². The Labute approximate surface area is 163 Å². The van der Waals surface area contributed by atoms with Crippen molar-refractivity contribution in [2.45, 2.75) is 19.0 Å². The van der Waals surface area contributed by atoms with Crippen LogP contribution in [0.15, 0.2) is 48.5 Å². The summed E-state index contributed by atoms with van der Waals surface area (Å²) >= 11 is 0. The summed E-state index contributed by atoms with van der Waals surface area (Å²) < 4.78 is 43.7. The summed E-state index contributed by atoms with van der Waals surface area (Å²) in [5.41, 5.74) is 7.33. The number of hydrogen-bond acceptors (Lipinski definition) is 3. The first-order valence-corrected chi connectivity index (χ1v) is 8.60. The third-order valence-corrected chi connectivity index (χ3v) is 4.23. The van der Waals surface area contributed by atoms with E-state index in [2.05, 4.69) is 0 Å². The molecule has 6 nitrogen and oxygen atoms in total. The normalized spacial score (nSPS) is 11.6. The van der Waals surface area contributed by atoms with Crippen LogP contribution >= 0.6 is 0 Å². The molecule has 0 aliphatic carbocycles. The lowest BCUT2D eigenvalue weighted by Crippen LogP contribution is -2.19. The summed E-state index contributed by atoms with van der Waals surface area (Å²) in [7, 11) is 0. The van der Waals surface area contributed by atoms with Crippen LogP contribution in [0.5, 0.6) is 5.75 Å². The molecule has 1 amide bonds. The average molecular weight is 406 g/mol. The highest BCUT2D eigenvalue weighted by Crippen LogP contribution is 2.29. The number of carbonyl (C=O) groups is 2. The van der Waals surface area contributed by atoms with Crippen LogP contribution in [0, 0.1) is 0 Å². The van der Waals surface area contributed by atoms with Gasteiger partial charge in [0.1, 0.15) is 11.4 Å². The van der Waals surface area contributed by atoms with Crippen molar-refractivity contribution in [1.82, 2.24) is 4.57 Å². The van der Waals surface area contributed by atoms with E-state index in [1.165, 1.54) is 28.8 Å². The molecular weight excluding hydrogens is 389 g/mol. The van der Waals surface area contributed by atoms with Crippen LogP contribution in [0.3, 0.4) is 0 Å². The van der Waals surface area contributed by atoms with Crippen molar-refractivity contribution < 1.29 is 32.6 Å². The molecule has 3 rings (SSSR count). The van der Waals surface area contributed by atoms with Gasteiger partial charge in [0, 0.05) is 23.6 Å². The molecule has 0 atom stereocenters. The van der Waals surface area contributed by atoms with Gasteiger partial charge in [-0.3, -0.25) is 9.59 Å². The van der Waals surface area contributed by atoms with E-state index in [0.29, 0.717) is 16.6 Å². The molecule has 29 heavy (non-hydrogen) atoms. The minimum absolute atomic E-state index is 0.00720. The van der Waals surface area contributed by atoms with Gasteiger partial charge in [-0.2, -0.15) is 13.2 Å². The molecule has 0 unspecified atom stereocenters. The summed E-state index contributed by atoms with van der Waals surface area (Å²) in [6, 6.07) is 12.7. The van der Waals surface area contributed by atoms with Gasteiger partial charge < -0.3 is 20.1 Å². The maximum Gasteiger partial charge on any atom is 0.422 e. The summed E-state index contributed by atoms with van der Waals surface area (Å²) in [5.74, 6) is -1.66. The number of amides is 1. The number of rotatable bonds is 7. The molecule has 0 aliphatic heterocycles. The Morgan fingerprint density at radius 2 is 1.86 bits per heavy atom. The largest absolute Gasteiger partial charge is 0.484 e. The summed E-state index contributed by atoms with van der Waals surface area (Å²) in [6.07, 6.45) is -4.25. The maximum absolute atomic E-state index is 12.4. The molecule has 0 radical (unpaired) electrons. The molecule has 0 fully saturated rings. The second kappa shape index (κ2) is 7.86. The van der Waals surface area contributed by atoms with Crippen molar-refractivity contribution in [1.29, 1.82) is 0 Å². The van der Waals surface area contributed by atoms with Crippen LogP contribution in [0.4, 0.5) is 13.2 Å². The van der Waals surface area contributed by atoms with E-state index in [4.69, 9.17) is 15.6 Å². The van der Waals surface area contributed by atoms with Gasteiger partial charge in [0.2, 0.25) is 0 Å². The molecule has 9 heteroatoms. The Kier molecular flexibility index (Phi) is 5.49. The lowest BCUT2D eigenvalue weighted by Gasteiger charge is -2.12. The number of alkyl halides is 3. The number of ether oxygens (including phenoxy) is 1. The Balaban J connectivity index is 2.07. The van der Waals surface area contributed by atoms with Gasteiger partial charge >= 0.3 is 12.1 Å². The monoisotopic (exact) mass is 406 g/mol. The summed E-state index contributed by atoms with van der Waals surface area (Å²) in [6.45, 7) is -1.44.